The molecule has 0 aliphatic heterocycles. The monoisotopic (exact) mass is 295 g/mol. The zero-order valence-corrected chi connectivity index (χ0v) is 12.7. The molecule has 2 N–H and O–H groups in total. The number of hydrogen-bond acceptors (Lipinski definition) is 3. The second-order valence-corrected chi connectivity index (χ2v) is 6.61. The van der Waals surface area contributed by atoms with E-state index in [9.17, 15) is 14.3 Å². The van der Waals surface area contributed by atoms with Gasteiger partial charge in [-0.2, -0.15) is 0 Å². The van der Waals surface area contributed by atoms with E-state index in [0.29, 0.717) is 11.3 Å². The second kappa shape index (κ2) is 5.64. The van der Waals surface area contributed by atoms with E-state index < -0.39 is 22.9 Å². The minimum Gasteiger partial charge on any atom is -0.444 e. The number of halogens is 1. The summed E-state index contributed by atoms with van der Waals surface area (Å²) in [7, 11) is 0. The highest BCUT2D eigenvalue weighted by molar-refractivity contribution is 5.84. The van der Waals surface area contributed by atoms with Crippen molar-refractivity contribution in [1.82, 2.24) is 0 Å². The molecule has 1 saturated carbocycles. The van der Waals surface area contributed by atoms with Gasteiger partial charge in [-0.1, -0.05) is 12.5 Å². The van der Waals surface area contributed by atoms with Gasteiger partial charge in [-0.15, -0.1) is 0 Å². The number of nitrogens with one attached hydrogen (secondary N) is 1. The Labute approximate surface area is 124 Å². The summed E-state index contributed by atoms with van der Waals surface area (Å²) in [6.45, 7) is 5.23. The van der Waals surface area contributed by atoms with Crippen LogP contribution < -0.4 is 5.32 Å². The van der Waals surface area contributed by atoms with Crippen molar-refractivity contribution < 1.29 is 19.0 Å². The Morgan fingerprint density at radius 3 is 2.52 bits per heavy atom. The van der Waals surface area contributed by atoms with Crippen molar-refractivity contribution in [3.8, 4) is 0 Å². The summed E-state index contributed by atoms with van der Waals surface area (Å²) < 4.78 is 19.4. The molecule has 0 bridgehead atoms. The third-order valence-electron chi connectivity index (χ3n) is 3.80. The van der Waals surface area contributed by atoms with Crippen LogP contribution in [0.15, 0.2) is 18.2 Å². The van der Waals surface area contributed by atoms with Gasteiger partial charge in [-0.25, -0.2) is 9.18 Å². The molecule has 21 heavy (non-hydrogen) atoms. The van der Waals surface area contributed by atoms with E-state index in [-0.39, 0.29) is 6.61 Å². The Morgan fingerprint density at radius 2 is 2.10 bits per heavy atom. The van der Waals surface area contributed by atoms with Gasteiger partial charge in [-0.05, 0) is 51.3 Å². The van der Waals surface area contributed by atoms with Crippen LogP contribution in [-0.2, 0) is 10.2 Å². The van der Waals surface area contributed by atoms with E-state index in [2.05, 4.69) is 5.32 Å². The Bertz CT molecular complexity index is 527. The van der Waals surface area contributed by atoms with Gasteiger partial charge < -0.3 is 9.84 Å². The SMILES string of the molecule is CC(C)(C)OC(=O)Nc1ccc(C2(CO)CCC2)c(F)c1. The number of rotatable bonds is 3. The van der Waals surface area contributed by atoms with Gasteiger partial charge in [0.1, 0.15) is 11.4 Å². The normalized spacial score (nSPS) is 17.0. The first-order valence-corrected chi connectivity index (χ1v) is 7.17. The van der Waals surface area contributed by atoms with Crippen molar-refractivity contribution in [2.45, 2.75) is 51.0 Å². The number of carbonyl (C=O) groups is 1. The first-order chi connectivity index (χ1) is 9.76. The maximum atomic E-state index is 14.2. The first kappa shape index (κ1) is 15.8. The lowest BCUT2D eigenvalue weighted by molar-refractivity contribution is 0.0636. The van der Waals surface area contributed by atoms with E-state index >= 15 is 0 Å². The van der Waals surface area contributed by atoms with Gasteiger partial charge in [0.2, 0.25) is 0 Å². The van der Waals surface area contributed by atoms with Crippen LogP contribution in [0.3, 0.4) is 0 Å². The number of hydrogen-bond donors (Lipinski definition) is 2. The average Bonchev–Trinajstić information content (AvgIpc) is 2.28. The van der Waals surface area contributed by atoms with Crippen molar-refractivity contribution in [1.29, 1.82) is 0 Å². The number of anilines is 1. The van der Waals surface area contributed by atoms with Crippen molar-refractivity contribution in [2.75, 3.05) is 11.9 Å². The van der Waals surface area contributed by atoms with Crippen LogP contribution in [-0.4, -0.2) is 23.4 Å². The molecular weight excluding hydrogens is 273 g/mol. The zero-order valence-electron chi connectivity index (χ0n) is 12.7. The summed E-state index contributed by atoms with van der Waals surface area (Å²) in [4.78, 5) is 11.6. The van der Waals surface area contributed by atoms with Crippen LogP contribution in [0.2, 0.25) is 0 Å². The van der Waals surface area contributed by atoms with Gasteiger partial charge in [0, 0.05) is 11.1 Å². The Kier molecular flexibility index (Phi) is 4.23. The van der Waals surface area contributed by atoms with E-state index in [1.807, 2.05) is 0 Å². The van der Waals surface area contributed by atoms with Crippen LogP contribution in [0.4, 0.5) is 14.9 Å². The van der Waals surface area contributed by atoms with Gasteiger partial charge in [-0.3, -0.25) is 5.32 Å². The molecule has 0 aromatic heterocycles. The molecule has 1 aliphatic carbocycles. The molecule has 0 radical (unpaired) electrons. The summed E-state index contributed by atoms with van der Waals surface area (Å²) in [6.07, 6.45) is 1.96. The van der Waals surface area contributed by atoms with Gasteiger partial charge in [0.15, 0.2) is 0 Å². The molecule has 0 heterocycles. The van der Waals surface area contributed by atoms with Gasteiger partial charge >= 0.3 is 6.09 Å². The van der Waals surface area contributed by atoms with Crippen molar-refractivity contribution in [3.63, 3.8) is 0 Å². The van der Waals surface area contributed by atoms with E-state index in [0.717, 1.165) is 19.3 Å². The molecule has 0 saturated heterocycles. The Balaban J connectivity index is 2.11. The Hall–Kier alpha value is -1.62. The van der Waals surface area contributed by atoms with Crippen LogP contribution in [0.5, 0.6) is 0 Å². The van der Waals surface area contributed by atoms with Crippen LogP contribution >= 0.6 is 0 Å². The van der Waals surface area contributed by atoms with Gasteiger partial charge in [0.25, 0.3) is 0 Å². The van der Waals surface area contributed by atoms with Crippen molar-refractivity contribution in [2.24, 2.45) is 0 Å². The molecule has 116 valence electrons. The molecule has 0 atom stereocenters. The molecule has 5 heteroatoms. The predicted octanol–water partition coefficient (Wildman–Crippen LogP) is 3.59. The molecule has 1 aromatic rings. The highest BCUT2D eigenvalue weighted by Gasteiger charge is 2.40. The fourth-order valence-electron chi connectivity index (χ4n) is 2.56. The molecular formula is C16H22FNO3. The molecule has 0 spiro atoms. The summed E-state index contributed by atoms with van der Waals surface area (Å²) in [5.74, 6) is -0.405. The van der Waals surface area contributed by atoms with Crippen LogP contribution in [0.25, 0.3) is 0 Å². The molecule has 0 unspecified atom stereocenters. The predicted molar refractivity (Wildman–Crippen MR) is 78.9 cm³/mol. The maximum Gasteiger partial charge on any atom is 0.412 e. The highest BCUT2D eigenvalue weighted by Crippen LogP contribution is 2.44. The molecule has 1 aliphatic rings. The lowest BCUT2D eigenvalue weighted by Gasteiger charge is -2.41. The molecule has 1 amide bonds. The van der Waals surface area contributed by atoms with E-state index in [1.165, 1.54) is 6.07 Å². The average molecular weight is 295 g/mol. The lowest BCUT2D eigenvalue weighted by Crippen LogP contribution is -2.38. The maximum absolute atomic E-state index is 14.2. The molecule has 4 nitrogen and oxygen atoms in total. The minimum absolute atomic E-state index is 0.0528. The number of ether oxygens (including phenoxy) is 1. The molecule has 1 fully saturated rings. The third-order valence-corrected chi connectivity index (χ3v) is 3.80. The quantitative estimate of drug-likeness (QED) is 0.896. The lowest BCUT2D eigenvalue weighted by atomic mass is 9.65. The van der Waals surface area contributed by atoms with Crippen molar-refractivity contribution in [3.05, 3.63) is 29.6 Å². The van der Waals surface area contributed by atoms with Crippen molar-refractivity contribution >= 4 is 11.8 Å². The minimum atomic E-state index is -0.616. The number of amides is 1. The summed E-state index contributed by atoms with van der Waals surface area (Å²) in [6, 6.07) is 4.55. The number of aliphatic hydroxyl groups is 1. The standard InChI is InChI=1S/C16H22FNO3/c1-15(2,3)21-14(20)18-11-5-6-12(13(17)9-11)16(10-19)7-4-8-16/h5-6,9,19H,4,7-8,10H2,1-3H3,(H,18,20). The van der Waals surface area contributed by atoms with Gasteiger partial charge in [0.05, 0.1) is 6.61 Å². The summed E-state index contributed by atoms with van der Waals surface area (Å²) in [5, 5.41) is 12.0. The van der Waals surface area contributed by atoms with E-state index in [4.69, 9.17) is 4.74 Å². The number of aliphatic hydroxyl groups excluding tert-OH is 1. The molecule has 1 aromatic carbocycles. The number of carbonyl (C=O) groups excluding carboxylic acids is 1. The summed E-state index contributed by atoms with van der Waals surface area (Å²) in [5.41, 5.74) is -0.187. The Morgan fingerprint density at radius 1 is 1.43 bits per heavy atom. The number of benzene rings is 1. The third kappa shape index (κ3) is 3.53. The fraction of sp³-hybridized carbons (Fsp3) is 0.562. The fourth-order valence-corrected chi connectivity index (χ4v) is 2.56. The topological polar surface area (TPSA) is 58.6 Å². The summed E-state index contributed by atoms with van der Waals surface area (Å²) >= 11 is 0. The largest absolute Gasteiger partial charge is 0.444 e. The van der Waals surface area contributed by atoms with E-state index in [1.54, 1.807) is 32.9 Å². The highest BCUT2D eigenvalue weighted by atomic mass is 19.1. The second-order valence-electron chi connectivity index (χ2n) is 6.61. The molecule has 2 rings (SSSR count). The first-order valence-electron chi connectivity index (χ1n) is 7.17. The van der Waals surface area contributed by atoms with Crippen LogP contribution in [0.1, 0.15) is 45.6 Å². The zero-order chi connectivity index (χ0) is 15.7. The smallest absolute Gasteiger partial charge is 0.412 e. The van der Waals surface area contributed by atoms with Crippen LogP contribution in [0, 0.1) is 5.82 Å².